The molecule has 0 heterocycles. The first-order chi connectivity index (χ1) is 14.3. The number of halogens is 15. The Balaban J connectivity index is 6.61. The van der Waals surface area contributed by atoms with Crippen LogP contribution in [0.2, 0.25) is 0 Å². The summed E-state index contributed by atoms with van der Waals surface area (Å²) < 4.78 is 198. The normalized spacial score (nSPS) is 16.7. The Morgan fingerprint density at radius 1 is 0.758 bits per heavy atom. The Labute approximate surface area is 176 Å². The van der Waals surface area contributed by atoms with Gasteiger partial charge in [-0.3, -0.25) is 4.79 Å². The molecular weight excluding hydrogens is 535 g/mol. The van der Waals surface area contributed by atoms with Gasteiger partial charge in [-0.2, -0.15) is 65.9 Å². The van der Waals surface area contributed by atoms with E-state index in [1.165, 1.54) is 0 Å². The second kappa shape index (κ2) is 9.23. The zero-order valence-corrected chi connectivity index (χ0v) is 15.8. The number of hydrogen-bond donors (Lipinski definition) is 3. The molecule has 33 heavy (non-hydrogen) atoms. The average Bonchev–Trinajstić information content (AvgIpc) is 2.62. The maximum atomic E-state index is 14.0. The predicted octanol–water partition coefficient (Wildman–Crippen LogP) is 4.38. The Kier molecular flexibility index (Phi) is 8.79. The van der Waals surface area contributed by atoms with Gasteiger partial charge in [0.25, 0.3) is 0 Å². The number of aliphatic hydroxyl groups is 1. The predicted molar refractivity (Wildman–Crippen MR) is 79.0 cm³/mol. The van der Waals surface area contributed by atoms with Crippen LogP contribution in [0.1, 0.15) is 0 Å². The van der Waals surface area contributed by atoms with Gasteiger partial charge in [0, 0.05) is 5.75 Å². The Morgan fingerprint density at radius 3 is 1.45 bits per heavy atom. The van der Waals surface area contributed by atoms with E-state index in [2.05, 4.69) is 0 Å². The van der Waals surface area contributed by atoms with E-state index in [0.29, 0.717) is 0 Å². The fraction of sp³-hybridized carbons (Fsp3) is 0.769. The molecule has 0 bridgehead atoms. The zero-order chi connectivity index (χ0) is 27.1. The van der Waals surface area contributed by atoms with Gasteiger partial charge in [0.05, 0.1) is 11.5 Å². The third-order valence-corrected chi connectivity index (χ3v) is 4.91. The van der Waals surface area contributed by atoms with Crippen LogP contribution in [0, 0.1) is 0 Å². The highest BCUT2D eigenvalue weighted by Crippen LogP contribution is 2.63. The van der Waals surface area contributed by atoms with Crippen LogP contribution in [0.4, 0.5) is 65.9 Å². The van der Waals surface area contributed by atoms with Gasteiger partial charge in [0.1, 0.15) is 6.04 Å². The highest BCUT2D eigenvalue weighted by Gasteiger charge is 2.93. The molecule has 0 amide bonds. The van der Waals surface area contributed by atoms with E-state index in [0.717, 1.165) is 0 Å². The van der Waals surface area contributed by atoms with Crippen molar-refractivity contribution in [2.24, 2.45) is 5.73 Å². The van der Waals surface area contributed by atoms with E-state index in [1.54, 1.807) is 0 Å². The van der Waals surface area contributed by atoms with Crippen molar-refractivity contribution in [3.63, 3.8) is 0 Å². The van der Waals surface area contributed by atoms with E-state index in [4.69, 9.17) is 15.9 Å². The lowest BCUT2D eigenvalue weighted by atomic mass is 9.91. The summed E-state index contributed by atoms with van der Waals surface area (Å²) in [5.41, 5.74) is 4.81. The second-order valence-electron chi connectivity index (χ2n) is 5.95. The summed E-state index contributed by atoms with van der Waals surface area (Å²) in [6, 6.07) is -2.20. The minimum absolute atomic E-state index is 0.496. The van der Waals surface area contributed by atoms with E-state index in [9.17, 15) is 70.7 Å². The number of aliphatic hydroxyl groups excluding tert-OH is 1. The fourth-order valence-electron chi connectivity index (χ4n) is 1.73. The van der Waals surface area contributed by atoms with E-state index in [1.807, 2.05) is 0 Å². The van der Waals surface area contributed by atoms with Gasteiger partial charge >= 0.3 is 47.7 Å². The van der Waals surface area contributed by atoms with Gasteiger partial charge in [-0.05, 0) is 6.08 Å². The molecule has 0 aliphatic carbocycles. The number of aliphatic carboxylic acids is 1. The molecule has 196 valence electrons. The summed E-state index contributed by atoms with van der Waals surface area (Å²) in [5.74, 6) is -51.1. The van der Waals surface area contributed by atoms with Crippen LogP contribution >= 0.6 is 11.8 Å². The number of carboxylic acid groups (broad SMARTS) is 1. The third-order valence-electron chi connectivity index (χ3n) is 3.65. The number of allylic oxidation sites excluding steroid dienone is 1. The zero-order valence-electron chi connectivity index (χ0n) is 15.0. The number of rotatable bonds is 11. The van der Waals surface area contributed by atoms with Gasteiger partial charge in [0.2, 0.25) is 0 Å². The fourth-order valence-corrected chi connectivity index (χ4v) is 2.74. The molecule has 0 rings (SSSR count). The van der Waals surface area contributed by atoms with Crippen molar-refractivity contribution in [3.05, 3.63) is 11.0 Å². The lowest BCUT2D eigenvalue weighted by Crippen LogP contribution is -2.72. The minimum atomic E-state index is -8.45. The average molecular weight is 545 g/mol. The molecule has 0 saturated carbocycles. The summed E-state index contributed by atoms with van der Waals surface area (Å²) in [4.78, 5) is 7.92. The summed E-state index contributed by atoms with van der Waals surface area (Å²) in [6.45, 7) is -1.75. The van der Waals surface area contributed by atoms with Crippen LogP contribution in [0.3, 0.4) is 0 Å². The minimum Gasteiger partial charge on any atom is -0.480 e. The lowest BCUT2D eigenvalue weighted by Gasteiger charge is -2.41. The number of carboxylic acids is 1. The molecule has 0 aromatic heterocycles. The van der Waals surface area contributed by atoms with Crippen molar-refractivity contribution in [2.45, 2.75) is 47.8 Å². The summed E-state index contributed by atoms with van der Waals surface area (Å²) in [6.07, 6.45) is -8.21. The molecule has 0 aliphatic heterocycles. The summed E-state index contributed by atoms with van der Waals surface area (Å²) >= 11 is -0.868. The van der Waals surface area contributed by atoms with Crippen molar-refractivity contribution in [3.8, 4) is 0 Å². The van der Waals surface area contributed by atoms with Crippen molar-refractivity contribution in [1.29, 1.82) is 0 Å². The van der Waals surface area contributed by atoms with Gasteiger partial charge in [-0.1, -0.05) is 0 Å². The molecule has 20 heteroatoms. The smallest absolute Gasteiger partial charge is 0.460 e. The number of thioether (sulfide) groups is 1. The first-order valence-corrected chi connectivity index (χ1v) is 8.53. The quantitative estimate of drug-likeness (QED) is 0.336. The summed E-state index contributed by atoms with van der Waals surface area (Å²) in [5, 5.41) is 17.0. The molecule has 0 unspecified atom stereocenters. The molecule has 0 aliphatic rings. The Morgan fingerprint density at radius 2 is 1.12 bits per heavy atom. The number of carbonyl (C=O) groups is 1. The van der Waals surface area contributed by atoms with Crippen molar-refractivity contribution in [1.82, 2.24) is 0 Å². The van der Waals surface area contributed by atoms with Crippen LogP contribution in [0.15, 0.2) is 11.0 Å². The van der Waals surface area contributed by atoms with Crippen molar-refractivity contribution < 1.29 is 80.9 Å². The van der Waals surface area contributed by atoms with Crippen molar-refractivity contribution >= 4 is 17.7 Å². The topological polar surface area (TPSA) is 83.5 Å². The number of hydrogen-bond acceptors (Lipinski definition) is 4. The van der Waals surface area contributed by atoms with E-state index in [-0.39, 0.29) is 0 Å². The molecule has 4 nitrogen and oxygen atoms in total. The Bertz CT molecular complexity index is 750. The molecule has 0 aromatic carbocycles. The van der Waals surface area contributed by atoms with Gasteiger partial charge in [-0.25, -0.2) is 0 Å². The van der Waals surface area contributed by atoms with Crippen LogP contribution in [0.5, 0.6) is 0 Å². The molecular formula is C13H10F15NO3S. The van der Waals surface area contributed by atoms with E-state index < -0.39 is 88.8 Å². The second-order valence-corrected chi connectivity index (χ2v) is 7.01. The molecule has 0 radical (unpaired) electrons. The highest BCUT2D eigenvalue weighted by atomic mass is 32.2. The largest absolute Gasteiger partial charge is 0.480 e. The van der Waals surface area contributed by atoms with E-state index >= 15 is 0 Å². The monoisotopic (exact) mass is 545 g/mol. The number of nitrogens with two attached hydrogens (primary N) is 1. The molecule has 1 atom stereocenters. The molecule has 0 aromatic rings. The van der Waals surface area contributed by atoms with Crippen LogP contribution in [-0.4, -0.2) is 76.3 Å². The SMILES string of the molecule is N[C@@H](CS/C(=C/CO)C(F)(F)C(F)(F)C(F)(F)C(F)(F)C(F)(F)C(F)(F)C(F)(F)F)C(=O)O. The van der Waals surface area contributed by atoms with Gasteiger partial charge in [-0.15, -0.1) is 11.8 Å². The van der Waals surface area contributed by atoms with Crippen LogP contribution < -0.4 is 5.73 Å². The Hall–Kier alpha value is -1.57. The standard InChI is InChI=1S/C13H10F15NO3S/c14-7(15,5(1-2-30)33-3-4(29)6(31)32)8(16,17)9(18,19)10(20,21)11(22,23)12(24,25)13(26,27)28/h1,4,30H,2-3,29H2,(H,31,32)/b5-1+/t4-/m0/s1. The maximum Gasteiger partial charge on any atom is 0.460 e. The van der Waals surface area contributed by atoms with Crippen LogP contribution in [-0.2, 0) is 4.79 Å². The maximum absolute atomic E-state index is 14.0. The summed E-state index contributed by atoms with van der Waals surface area (Å²) in [7, 11) is 0. The lowest BCUT2D eigenvalue weighted by molar-refractivity contribution is -0.449. The molecule has 0 fully saturated rings. The van der Waals surface area contributed by atoms with Gasteiger partial charge < -0.3 is 15.9 Å². The third kappa shape index (κ3) is 4.96. The first kappa shape index (κ1) is 31.4. The molecule has 0 spiro atoms. The molecule has 0 saturated heterocycles. The highest BCUT2D eigenvalue weighted by molar-refractivity contribution is 8.03. The number of alkyl halides is 15. The molecule has 4 N–H and O–H groups in total. The van der Waals surface area contributed by atoms with Crippen molar-refractivity contribution in [2.75, 3.05) is 12.4 Å². The van der Waals surface area contributed by atoms with Gasteiger partial charge in [0.15, 0.2) is 0 Å². The van der Waals surface area contributed by atoms with Crippen LogP contribution in [0.25, 0.3) is 0 Å². The first-order valence-electron chi connectivity index (χ1n) is 7.55.